The summed E-state index contributed by atoms with van der Waals surface area (Å²) in [5.41, 5.74) is 0. The van der Waals surface area contributed by atoms with Crippen molar-refractivity contribution in [3.05, 3.63) is 16.4 Å². The number of rotatable bonds is 4. The SMILES string of the molecule is O=[N+]([O-])c1ncn(CCC2CCCNC2)n1. The van der Waals surface area contributed by atoms with Crippen molar-refractivity contribution in [3.63, 3.8) is 0 Å². The van der Waals surface area contributed by atoms with Crippen LogP contribution in [0.3, 0.4) is 0 Å². The first-order valence-electron chi connectivity index (χ1n) is 5.50. The van der Waals surface area contributed by atoms with Crippen LogP contribution in [0.15, 0.2) is 6.33 Å². The maximum Gasteiger partial charge on any atom is 0.490 e. The summed E-state index contributed by atoms with van der Waals surface area (Å²) in [6, 6.07) is 0. The standard InChI is InChI=1S/C9H15N5O2/c15-14(16)9-11-7-13(12-9)5-3-8-2-1-4-10-6-8/h7-8,10H,1-6H2. The van der Waals surface area contributed by atoms with Crippen LogP contribution in [0.1, 0.15) is 19.3 Å². The highest BCUT2D eigenvalue weighted by Crippen LogP contribution is 2.14. The number of hydrogen-bond donors (Lipinski definition) is 1. The smallest absolute Gasteiger partial charge is 0.390 e. The summed E-state index contributed by atoms with van der Waals surface area (Å²) in [6.07, 6.45) is 4.86. The van der Waals surface area contributed by atoms with Crippen molar-refractivity contribution in [2.75, 3.05) is 13.1 Å². The number of nitro groups is 1. The Balaban J connectivity index is 1.81. The molecular weight excluding hydrogens is 210 g/mol. The summed E-state index contributed by atoms with van der Waals surface area (Å²) in [5.74, 6) is 0.332. The van der Waals surface area contributed by atoms with Gasteiger partial charge in [-0.25, -0.2) is 0 Å². The molecule has 7 nitrogen and oxygen atoms in total. The monoisotopic (exact) mass is 225 g/mol. The predicted octanol–water partition coefficient (Wildman–Crippen LogP) is 0.576. The second-order valence-electron chi connectivity index (χ2n) is 4.07. The molecule has 2 rings (SSSR count). The lowest BCUT2D eigenvalue weighted by Crippen LogP contribution is -2.30. The Kier molecular flexibility index (Phi) is 3.45. The Bertz CT molecular complexity index is 359. The highest BCUT2D eigenvalue weighted by molar-refractivity contribution is 4.96. The van der Waals surface area contributed by atoms with Crippen molar-refractivity contribution < 1.29 is 4.92 Å². The van der Waals surface area contributed by atoms with Crippen molar-refractivity contribution in [1.29, 1.82) is 0 Å². The van der Waals surface area contributed by atoms with Gasteiger partial charge in [-0.15, -0.1) is 0 Å². The van der Waals surface area contributed by atoms with Crippen LogP contribution in [0.5, 0.6) is 0 Å². The molecule has 1 aromatic heterocycles. The molecule has 1 aromatic rings. The number of piperidine rings is 1. The minimum atomic E-state index is -0.571. The predicted molar refractivity (Wildman–Crippen MR) is 56.9 cm³/mol. The lowest BCUT2D eigenvalue weighted by Gasteiger charge is -2.21. The van der Waals surface area contributed by atoms with Gasteiger partial charge in [-0.1, -0.05) is 4.98 Å². The number of hydrogen-bond acceptors (Lipinski definition) is 5. The van der Waals surface area contributed by atoms with Gasteiger partial charge >= 0.3 is 5.95 Å². The third-order valence-corrected chi connectivity index (χ3v) is 2.85. The fourth-order valence-corrected chi connectivity index (χ4v) is 1.96. The molecule has 88 valence electrons. The van der Waals surface area contributed by atoms with E-state index in [9.17, 15) is 10.1 Å². The molecule has 1 fully saturated rings. The Morgan fingerprint density at radius 3 is 3.19 bits per heavy atom. The highest BCUT2D eigenvalue weighted by Gasteiger charge is 2.16. The van der Waals surface area contributed by atoms with Crippen molar-refractivity contribution in [2.24, 2.45) is 5.92 Å². The van der Waals surface area contributed by atoms with Crippen molar-refractivity contribution >= 4 is 5.95 Å². The first kappa shape index (κ1) is 11.0. The molecular formula is C9H15N5O2. The van der Waals surface area contributed by atoms with Crippen LogP contribution >= 0.6 is 0 Å². The molecule has 1 saturated heterocycles. The van der Waals surface area contributed by atoms with Gasteiger partial charge in [0.1, 0.15) is 0 Å². The van der Waals surface area contributed by atoms with Gasteiger partial charge in [0, 0.05) is 5.10 Å². The van der Waals surface area contributed by atoms with E-state index in [0.29, 0.717) is 12.5 Å². The number of nitrogens with zero attached hydrogens (tertiary/aromatic N) is 4. The van der Waals surface area contributed by atoms with Gasteiger partial charge in [0.05, 0.1) is 6.54 Å². The molecule has 0 aliphatic carbocycles. The normalized spacial score (nSPS) is 20.9. The first-order chi connectivity index (χ1) is 7.75. The number of nitrogens with one attached hydrogen (secondary N) is 1. The first-order valence-corrected chi connectivity index (χ1v) is 5.50. The molecule has 0 spiro atoms. The molecule has 1 aliphatic heterocycles. The zero-order chi connectivity index (χ0) is 11.4. The topological polar surface area (TPSA) is 85.9 Å². The Morgan fingerprint density at radius 2 is 2.56 bits per heavy atom. The lowest BCUT2D eigenvalue weighted by molar-refractivity contribution is -0.394. The molecule has 1 unspecified atom stereocenters. The van der Waals surface area contributed by atoms with Crippen LogP contribution < -0.4 is 5.32 Å². The Labute approximate surface area is 93.0 Å². The van der Waals surface area contributed by atoms with E-state index in [0.717, 1.165) is 19.5 Å². The molecule has 1 atom stereocenters. The van der Waals surface area contributed by atoms with Crippen LogP contribution in [0, 0.1) is 16.0 Å². The minimum absolute atomic E-state index is 0.318. The number of aromatic nitrogens is 3. The van der Waals surface area contributed by atoms with Gasteiger partial charge < -0.3 is 15.4 Å². The molecule has 1 aliphatic rings. The van der Waals surface area contributed by atoms with Gasteiger partial charge in [-0.3, -0.25) is 0 Å². The summed E-state index contributed by atoms with van der Waals surface area (Å²) < 4.78 is 1.55. The van der Waals surface area contributed by atoms with Crippen LogP contribution in [-0.2, 0) is 6.54 Å². The third kappa shape index (κ3) is 2.75. The molecule has 16 heavy (non-hydrogen) atoms. The summed E-state index contributed by atoms with van der Waals surface area (Å²) in [6.45, 7) is 2.84. The van der Waals surface area contributed by atoms with Gasteiger partial charge in [0.25, 0.3) is 0 Å². The maximum atomic E-state index is 10.4. The average molecular weight is 225 g/mol. The maximum absolute atomic E-state index is 10.4. The quantitative estimate of drug-likeness (QED) is 0.598. The molecule has 0 amide bonds. The summed E-state index contributed by atoms with van der Waals surface area (Å²) in [7, 11) is 0. The lowest BCUT2D eigenvalue weighted by atomic mass is 9.96. The van der Waals surface area contributed by atoms with Gasteiger partial charge in [0.15, 0.2) is 0 Å². The van der Waals surface area contributed by atoms with E-state index in [4.69, 9.17) is 0 Å². The zero-order valence-electron chi connectivity index (χ0n) is 9.00. The molecule has 0 saturated carbocycles. The minimum Gasteiger partial charge on any atom is -0.390 e. The van der Waals surface area contributed by atoms with Crippen LogP contribution in [0.2, 0.25) is 0 Å². The van der Waals surface area contributed by atoms with E-state index in [1.54, 1.807) is 4.68 Å². The van der Waals surface area contributed by atoms with Crippen LogP contribution in [-0.4, -0.2) is 32.8 Å². The molecule has 7 heteroatoms. The Morgan fingerprint density at radius 1 is 1.69 bits per heavy atom. The van der Waals surface area contributed by atoms with E-state index in [-0.39, 0.29) is 5.95 Å². The molecule has 0 aromatic carbocycles. The van der Waals surface area contributed by atoms with Crippen LogP contribution in [0.4, 0.5) is 5.95 Å². The third-order valence-electron chi connectivity index (χ3n) is 2.85. The largest absolute Gasteiger partial charge is 0.490 e. The van der Waals surface area contributed by atoms with E-state index >= 15 is 0 Å². The van der Waals surface area contributed by atoms with E-state index < -0.39 is 4.92 Å². The second-order valence-corrected chi connectivity index (χ2v) is 4.07. The van der Waals surface area contributed by atoms with E-state index in [1.165, 1.54) is 19.2 Å². The highest BCUT2D eigenvalue weighted by atomic mass is 16.6. The van der Waals surface area contributed by atoms with E-state index in [2.05, 4.69) is 15.4 Å². The zero-order valence-corrected chi connectivity index (χ0v) is 9.00. The fraction of sp³-hybridized carbons (Fsp3) is 0.778. The van der Waals surface area contributed by atoms with Crippen molar-refractivity contribution in [2.45, 2.75) is 25.8 Å². The van der Waals surface area contributed by atoms with Crippen molar-refractivity contribution in [1.82, 2.24) is 20.1 Å². The van der Waals surface area contributed by atoms with Gasteiger partial charge in [-0.05, 0) is 43.2 Å². The number of aryl methyl sites for hydroxylation is 1. The molecule has 1 N–H and O–H groups in total. The van der Waals surface area contributed by atoms with E-state index in [1.807, 2.05) is 0 Å². The van der Waals surface area contributed by atoms with Gasteiger partial charge in [-0.2, -0.15) is 4.68 Å². The molecule has 0 bridgehead atoms. The fourth-order valence-electron chi connectivity index (χ4n) is 1.96. The average Bonchev–Trinajstić information content (AvgIpc) is 2.76. The second kappa shape index (κ2) is 5.02. The summed E-state index contributed by atoms with van der Waals surface area (Å²) >= 11 is 0. The van der Waals surface area contributed by atoms with Crippen LogP contribution in [0.25, 0.3) is 0 Å². The summed E-state index contributed by atoms with van der Waals surface area (Å²) in [5, 5.41) is 17.5. The van der Waals surface area contributed by atoms with Crippen molar-refractivity contribution in [3.8, 4) is 0 Å². The molecule has 0 radical (unpaired) electrons. The molecule has 2 heterocycles. The Hall–Kier alpha value is -1.50. The summed E-state index contributed by atoms with van der Waals surface area (Å²) in [4.78, 5) is 13.4. The van der Waals surface area contributed by atoms with Gasteiger partial charge in [0.2, 0.25) is 6.33 Å².